The zero-order chi connectivity index (χ0) is 23.1. The van der Waals surface area contributed by atoms with Gasteiger partial charge in [0.1, 0.15) is 36.1 Å². The number of β-amino-alcohol motifs (C(OH)–C–C–N with tert-alkyl or cyclic N) is 1. The van der Waals surface area contributed by atoms with E-state index < -0.39 is 5.60 Å². The van der Waals surface area contributed by atoms with Crippen molar-refractivity contribution in [3.05, 3.63) is 77.9 Å². The number of aliphatic hydroxyl groups is 1. The summed E-state index contributed by atoms with van der Waals surface area (Å²) in [4.78, 5) is 2.13. The Morgan fingerprint density at radius 3 is 2.76 bits per heavy atom. The van der Waals surface area contributed by atoms with Crippen LogP contribution >= 0.6 is 0 Å². The monoisotopic (exact) mass is 455 g/mol. The van der Waals surface area contributed by atoms with Crippen molar-refractivity contribution in [3.63, 3.8) is 0 Å². The lowest BCUT2D eigenvalue weighted by Crippen LogP contribution is -2.48. The van der Waals surface area contributed by atoms with Crippen LogP contribution in [-0.4, -0.2) is 64.9 Å². The van der Waals surface area contributed by atoms with Crippen LogP contribution in [0, 0.1) is 12.7 Å². The highest BCUT2D eigenvalue weighted by Gasteiger charge is 2.33. The summed E-state index contributed by atoms with van der Waals surface area (Å²) in [6.45, 7) is 5.62. The second-order valence-electron chi connectivity index (χ2n) is 8.51. The standard InChI is InChI=1S/C25H30FN3O4/c1-20-14-27-29(15-20)9-11-32-23-6-2-4-21(12-23)16-28-8-10-31-18-25(30,17-28)19-33-24-7-3-5-22(26)13-24/h2-7,12-15,30H,8-11,16-19H2,1H3. The van der Waals surface area contributed by atoms with E-state index in [4.69, 9.17) is 14.2 Å². The van der Waals surface area contributed by atoms with E-state index in [1.165, 1.54) is 12.1 Å². The van der Waals surface area contributed by atoms with Crippen molar-refractivity contribution in [2.45, 2.75) is 25.6 Å². The molecule has 0 bridgehead atoms. The van der Waals surface area contributed by atoms with E-state index in [1.54, 1.807) is 12.1 Å². The predicted molar refractivity (Wildman–Crippen MR) is 122 cm³/mol. The van der Waals surface area contributed by atoms with Gasteiger partial charge in [-0.05, 0) is 42.3 Å². The number of aromatic nitrogens is 2. The van der Waals surface area contributed by atoms with E-state index in [-0.39, 0.29) is 19.0 Å². The molecule has 0 spiro atoms. The van der Waals surface area contributed by atoms with Gasteiger partial charge in [-0.2, -0.15) is 5.10 Å². The molecule has 1 aliphatic rings. The second kappa shape index (κ2) is 10.8. The zero-order valence-electron chi connectivity index (χ0n) is 18.8. The van der Waals surface area contributed by atoms with E-state index >= 15 is 0 Å². The van der Waals surface area contributed by atoms with Crippen molar-refractivity contribution >= 4 is 0 Å². The first-order valence-electron chi connectivity index (χ1n) is 11.1. The van der Waals surface area contributed by atoms with Gasteiger partial charge in [-0.15, -0.1) is 0 Å². The highest BCUT2D eigenvalue weighted by Crippen LogP contribution is 2.20. The molecule has 0 amide bonds. The van der Waals surface area contributed by atoms with Crippen LogP contribution in [0.4, 0.5) is 4.39 Å². The van der Waals surface area contributed by atoms with Crippen molar-refractivity contribution in [1.82, 2.24) is 14.7 Å². The summed E-state index contributed by atoms with van der Waals surface area (Å²) in [5.74, 6) is 0.807. The molecule has 1 unspecified atom stereocenters. The molecule has 0 aliphatic carbocycles. The van der Waals surface area contributed by atoms with Crippen LogP contribution in [-0.2, 0) is 17.8 Å². The normalized spacial score (nSPS) is 19.2. The summed E-state index contributed by atoms with van der Waals surface area (Å²) in [6, 6.07) is 13.9. The number of hydrogen-bond donors (Lipinski definition) is 1. The Hall–Kier alpha value is -2.94. The molecule has 1 fully saturated rings. The van der Waals surface area contributed by atoms with Crippen LogP contribution in [0.5, 0.6) is 11.5 Å². The molecule has 1 N–H and O–H groups in total. The number of nitrogens with zero attached hydrogens (tertiary/aromatic N) is 3. The Bertz CT molecular complexity index is 1040. The quantitative estimate of drug-likeness (QED) is 0.535. The van der Waals surface area contributed by atoms with Crippen LogP contribution < -0.4 is 9.47 Å². The van der Waals surface area contributed by atoms with E-state index in [0.717, 1.165) is 16.9 Å². The summed E-state index contributed by atoms with van der Waals surface area (Å²) >= 11 is 0. The third kappa shape index (κ3) is 7.02. The highest BCUT2D eigenvalue weighted by atomic mass is 19.1. The molecule has 1 aromatic heterocycles. The molecule has 1 saturated heterocycles. The first-order valence-corrected chi connectivity index (χ1v) is 11.1. The minimum absolute atomic E-state index is 0.0169. The van der Waals surface area contributed by atoms with Gasteiger partial charge >= 0.3 is 0 Å². The smallest absolute Gasteiger partial charge is 0.134 e. The largest absolute Gasteiger partial charge is 0.492 e. The molecule has 1 atom stereocenters. The summed E-state index contributed by atoms with van der Waals surface area (Å²) in [6.07, 6.45) is 3.82. The fourth-order valence-corrected chi connectivity index (χ4v) is 3.83. The molecule has 2 aromatic carbocycles. The topological polar surface area (TPSA) is 69.0 Å². The highest BCUT2D eigenvalue weighted by molar-refractivity contribution is 5.28. The fraction of sp³-hybridized carbons (Fsp3) is 0.400. The Kier molecular flexibility index (Phi) is 7.59. The summed E-state index contributed by atoms with van der Waals surface area (Å²) in [5.41, 5.74) is 1.01. The first-order chi connectivity index (χ1) is 16.0. The first kappa shape index (κ1) is 23.2. The molecule has 8 heteroatoms. The summed E-state index contributed by atoms with van der Waals surface area (Å²) in [5, 5.41) is 15.4. The van der Waals surface area contributed by atoms with Crippen molar-refractivity contribution in [3.8, 4) is 11.5 Å². The average molecular weight is 456 g/mol. The Morgan fingerprint density at radius 1 is 1.15 bits per heavy atom. The van der Waals surface area contributed by atoms with Crippen molar-refractivity contribution in [2.24, 2.45) is 0 Å². The molecule has 4 rings (SSSR count). The van der Waals surface area contributed by atoms with Crippen molar-refractivity contribution < 1.29 is 23.7 Å². The van der Waals surface area contributed by atoms with E-state index in [1.807, 2.05) is 48.3 Å². The SMILES string of the molecule is Cc1cnn(CCOc2cccc(CN3CCOCC(O)(COc4cccc(F)c4)C3)c2)c1. The number of hydrogen-bond acceptors (Lipinski definition) is 6. The number of aryl methyl sites for hydroxylation is 1. The van der Waals surface area contributed by atoms with Crippen LogP contribution in [0.3, 0.4) is 0 Å². The van der Waals surface area contributed by atoms with E-state index in [0.29, 0.717) is 45.1 Å². The van der Waals surface area contributed by atoms with Gasteiger partial charge in [-0.3, -0.25) is 9.58 Å². The van der Waals surface area contributed by atoms with E-state index in [2.05, 4.69) is 10.00 Å². The summed E-state index contributed by atoms with van der Waals surface area (Å²) in [7, 11) is 0. The molecule has 3 aromatic rings. The van der Waals surface area contributed by atoms with Crippen molar-refractivity contribution in [2.75, 3.05) is 39.5 Å². The van der Waals surface area contributed by atoms with Gasteiger partial charge in [0, 0.05) is 31.9 Å². The maximum Gasteiger partial charge on any atom is 0.134 e. The lowest BCUT2D eigenvalue weighted by Gasteiger charge is -2.30. The molecular formula is C25H30FN3O4. The number of ether oxygens (including phenoxy) is 3. The molecule has 0 radical (unpaired) electrons. The lowest BCUT2D eigenvalue weighted by atomic mass is 10.1. The molecule has 2 heterocycles. The number of rotatable bonds is 9. The van der Waals surface area contributed by atoms with Crippen LogP contribution in [0.25, 0.3) is 0 Å². The Balaban J connectivity index is 1.32. The Morgan fingerprint density at radius 2 is 1.97 bits per heavy atom. The van der Waals surface area contributed by atoms with Crippen LogP contribution in [0.1, 0.15) is 11.1 Å². The molecular weight excluding hydrogens is 425 g/mol. The minimum atomic E-state index is -1.20. The molecule has 0 saturated carbocycles. The Labute approximate surface area is 193 Å². The van der Waals surface area contributed by atoms with Gasteiger partial charge in [0.05, 0.1) is 26.0 Å². The second-order valence-corrected chi connectivity index (χ2v) is 8.51. The number of benzene rings is 2. The van der Waals surface area contributed by atoms with Gasteiger partial charge in [0.25, 0.3) is 0 Å². The van der Waals surface area contributed by atoms with Gasteiger partial charge in [-0.1, -0.05) is 18.2 Å². The van der Waals surface area contributed by atoms with E-state index in [9.17, 15) is 9.50 Å². The summed E-state index contributed by atoms with van der Waals surface area (Å²) < 4.78 is 32.5. The molecule has 176 valence electrons. The third-order valence-corrected chi connectivity index (χ3v) is 5.40. The van der Waals surface area contributed by atoms with Crippen molar-refractivity contribution in [1.29, 1.82) is 0 Å². The predicted octanol–water partition coefficient (Wildman–Crippen LogP) is 3.05. The van der Waals surface area contributed by atoms with Gasteiger partial charge < -0.3 is 19.3 Å². The molecule has 33 heavy (non-hydrogen) atoms. The number of halogens is 1. The maximum atomic E-state index is 13.4. The fourth-order valence-electron chi connectivity index (χ4n) is 3.83. The lowest BCUT2D eigenvalue weighted by molar-refractivity contribution is -0.0647. The average Bonchev–Trinajstić information content (AvgIpc) is 3.11. The maximum absolute atomic E-state index is 13.4. The molecule has 1 aliphatic heterocycles. The van der Waals surface area contributed by atoms with Gasteiger partial charge in [-0.25, -0.2) is 4.39 Å². The van der Waals surface area contributed by atoms with Crippen LogP contribution in [0.2, 0.25) is 0 Å². The molecule has 7 nitrogen and oxygen atoms in total. The van der Waals surface area contributed by atoms with Gasteiger partial charge in [0.2, 0.25) is 0 Å². The van der Waals surface area contributed by atoms with Gasteiger partial charge in [0.15, 0.2) is 0 Å². The zero-order valence-corrected chi connectivity index (χ0v) is 18.8. The van der Waals surface area contributed by atoms with Crippen LogP contribution in [0.15, 0.2) is 60.9 Å². The third-order valence-electron chi connectivity index (χ3n) is 5.40. The minimum Gasteiger partial charge on any atom is -0.492 e.